The van der Waals surface area contributed by atoms with Crippen LogP contribution in [0.15, 0.2) is 79.0 Å². The number of hydrogen-bond donors (Lipinski definition) is 2. The number of nitrogens with zero attached hydrogens (tertiary/aromatic N) is 4. The van der Waals surface area contributed by atoms with Gasteiger partial charge in [0.1, 0.15) is 11.4 Å². The third-order valence-corrected chi connectivity index (χ3v) is 7.60. The van der Waals surface area contributed by atoms with Gasteiger partial charge in [0.15, 0.2) is 5.11 Å². The van der Waals surface area contributed by atoms with Gasteiger partial charge in [-0.3, -0.25) is 19.9 Å². The second kappa shape index (κ2) is 11.8. The van der Waals surface area contributed by atoms with Crippen molar-refractivity contribution in [1.29, 1.82) is 0 Å². The van der Waals surface area contributed by atoms with E-state index in [4.69, 9.17) is 17.0 Å². The van der Waals surface area contributed by atoms with Crippen LogP contribution in [0, 0.1) is 24.0 Å². The van der Waals surface area contributed by atoms with Crippen molar-refractivity contribution < 1.29 is 14.5 Å². The Balaban J connectivity index is 1.53. The van der Waals surface area contributed by atoms with Gasteiger partial charge < -0.3 is 24.8 Å². The number of nitro benzene ring substituents is 1. The van der Waals surface area contributed by atoms with Crippen molar-refractivity contribution in [3.8, 4) is 11.4 Å². The van der Waals surface area contributed by atoms with Gasteiger partial charge >= 0.3 is 0 Å². The molecule has 0 bridgehead atoms. The largest absolute Gasteiger partial charge is 0.496 e. The van der Waals surface area contributed by atoms with Gasteiger partial charge in [0.2, 0.25) is 5.91 Å². The predicted molar refractivity (Wildman–Crippen MR) is 160 cm³/mol. The highest BCUT2D eigenvalue weighted by molar-refractivity contribution is 7.80. The lowest BCUT2D eigenvalue weighted by atomic mass is 9.96. The first kappa shape index (κ1) is 27.8. The van der Waals surface area contributed by atoms with Gasteiger partial charge in [-0.15, -0.1) is 0 Å². The number of ether oxygens (including phenoxy) is 1. The molecule has 2 aromatic carbocycles. The number of anilines is 1. The summed E-state index contributed by atoms with van der Waals surface area (Å²) in [5.41, 5.74) is 4.49. The maximum Gasteiger partial charge on any atom is 0.296 e. The number of carbonyl (C=O) groups is 1. The summed E-state index contributed by atoms with van der Waals surface area (Å²) in [6, 6.07) is 21.3. The molecular formula is C30H30N6O4S. The lowest BCUT2D eigenvalue weighted by molar-refractivity contribution is -0.384. The summed E-state index contributed by atoms with van der Waals surface area (Å²) < 4.78 is 7.11. The number of aromatic nitrogens is 2. The molecule has 0 aliphatic carbocycles. The molecule has 2 aromatic heterocycles. The molecule has 5 rings (SSSR count). The number of carbonyl (C=O) groups excluding carboxylic acids is 1. The third kappa shape index (κ3) is 5.62. The fourth-order valence-corrected chi connectivity index (χ4v) is 5.71. The first-order valence-electron chi connectivity index (χ1n) is 13.1. The normalized spacial score (nSPS) is 16.4. The fourth-order valence-electron chi connectivity index (χ4n) is 5.38. The molecule has 41 heavy (non-hydrogen) atoms. The van der Waals surface area contributed by atoms with Gasteiger partial charge in [-0.05, 0) is 74.1 Å². The van der Waals surface area contributed by atoms with Crippen molar-refractivity contribution in [3.63, 3.8) is 0 Å². The monoisotopic (exact) mass is 570 g/mol. The van der Waals surface area contributed by atoms with Crippen molar-refractivity contribution in [3.05, 3.63) is 112 Å². The zero-order chi connectivity index (χ0) is 29.1. The second-order valence-electron chi connectivity index (χ2n) is 9.76. The molecule has 4 aromatic rings. The first-order chi connectivity index (χ1) is 19.8. The van der Waals surface area contributed by atoms with Crippen molar-refractivity contribution in [2.75, 3.05) is 19.0 Å². The molecule has 1 aliphatic rings. The highest BCUT2D eigenvalue weighted by Gasteiger charge is 2.41. The Morgan fingerprint density at radius 3 is 2.56 bits per heavy atom. The van der Waals surface area contributed by atoms with Crippen LogP contribution in [0.1, 0.15) is 41.1 Å². The summed E-state index contributed by atoms with van der Waals surface area (Å²) in [5.74, 6) is 0.280. The molecule has 2 atom stereocenters. The first-order valence-corrected chi connectivity index (χ1v) is 13.5. The van der Waals surface area contributed by atoms with Crippen LogP contribution in [0.4, 0.5) is 11.4 Å². The summed E-state index contributed by atoms with van der Waals surface area (Å²) in [6.07, 6.45) is 1.95. The molecule has 2 unspecified atom stereocenters. The van der Waals surface area contributed by atoms with Crippen LogP contribution in [0.3, 0.4) is 0 Å². The van der Waals surface area contributed by atoms with Gasteiger partial charge in [0.05, 0.1) is 35.9 Å². The number of pyridine rings is 1. The van der Waals surface area contributed by atoms with Crippen LogP contribution in [0.2, 0.25) is 0 Å². The minimum Gasteiger partial charge on any atom is -0.496 e. The number of benzene rings is 2. The summed E-state index contributed by atoms with van der Waals surface area (Å²) in [5, 5.41) is 18.9. The Morgan fingerprint density at radius 2 is 1.88 bits per heavy atom. The topological polar surface area (TPSA) is 115 Å². The zero-order valence-electron chi connectivity index (χ0n) is 22.9. The maximum absolute atomic E-state index is 12.8. The number of methoxy groups -OCH3 is 1. The third-order valence-electron chi connectivity index (χ3n) is 7.24. The number of aryl methyl sites for hydroxylation is 1. The summed E-state index contributed by atoms with van der Waals surface area (Å²) >= 11 is 5.78. The molecule has 1 saturated heterocycles. The van der Waals surface area contributed by atoms with Crippen LogP contribution >= 0.6 is 12.2 Å². The molecule has 2 N–H and O–H groups in total. The molecule has 1 fully saturated rings. The van der Waals surface area contributed by atoms with E-state index in [-0.39, 0.29) is 30.1 Å². The number of nitro groups is 1. The number of thiocarbonyl (C=S) groups is 1. The van der Waals surface area contributed by atoms with Gasteiger partial charge in [-0.25, -0.2) is 0 Å². The lowest BCUT2D eigenvalue weighted by Gasteiger charge is -2.28. The SMILES string of the molecule is COc1ccc(-n2c(C)cc(C3C(c4ccccn4)NC(=S)N3CCC(=O)Nc3ccccc3)c2C)c([N+](=O)[O-])c1. The van der Waals surface area contributed by atoms with Gasteiger partial charge in [-0.2, -0.15) is 0 Å². The van der Waals surface area contributed by atoms with Gasteiger partial charge in [0.25, 0.3) is 5.69 Å². The molecule has 0 radical (unpaired) electrons. The molecule has 0 saturated carbocycles. The molecule has 0 spiro atoms. The smallest absolute Gasteiger partial charge is 0.296 e. The van der Waals surface area contributed by atoms with Gasteiger partial charge in [-0.1, -0.05) is 24.3 Å². The Kier molecular flexibility index (Phi) is 7.97. The maximum atomic E-state index is 12.8. The lowest BCUT2D eigenvalue weighted by Crippen LogP contribution is -2.32. The molecule has 10 nitrogen and oxygen atoms in total. The van der Waals surface area contributed by atoms with Gasteiger partial charge in [0, 0.05) is 36.2 Å². The van der Waals surface area contributed by atoms with Crippen LogP contribution < -0.4 is 15.4 Å². The number of para-hydroxylation sites is 1. The molecular weight excluding hydrogens is 540 g/mol. The Morgan fingerprint density at radius 1 is 1.12 bits per heavy atom. The Hall–Kier alpha value is -4.77. The average molecular weight is 571 g/mol. The molecule has 210 valence electrons. The zero-order valence-corrected chi connectivity index (χ0v) is 23.7. The van der Waals surface area contributed by atoms with E-state index in [9.17, 15) is 14.9 Å². The Bertz CT molecular complexity index is 1590. The number of rotatable bonds is 9. The van der Waals surface area contributed by atoms with Crippen molar-refractivity contribution in [1.82, 2.24) is 19.8 Å². The quantitative estimate of drug-likeness (QED) is 0.156. The summed E-state index contributed by atoms with van der Waals surface area (Å²) in [4.78, 5) is 31.1. The van der Waals surface area contributed by atoms with E-state index < -0.39 is 4.92 Å². The van der Waals surface area contributed by atoms with Crippen LogP contribution in [-0.4, -0.2) is 44.0 Å². The van der Waals surface area contributed by atoms with Crippen LogP contribution in [-0.2, 0) is 4.79 Å². The van der Waals surface area contributed by atoms with Crippen molar-refractivity contribution >= 4 is 34.6 Å². The summed E-state index contributed by atoms with van der Waals surface area (Å²) in [6.45, 7) is 4.22. The van der Waals surface area contributed by atoms with E-state index >= 15 is 0 Å². The van der Waals surface area contributed by atoms with E-state index in [1.165, 1.54) is 13.2 Å². The van der Waals surface area contributed by atoms with E-state index in [1.807, 2.05) is 77.9 Å². The number of nitrogens with one attached hydrogen (secondary N) is 2. The van der Waals surface area contributed by atoms with E-state index in [0.717, 1.165) is 28.3 Å². The van der Waals surface area contributed by atoms with E-state index in [0.29, 0.717) is 23.1 Å². The van der Waals surface area contributed by atoms with E-state index in [2.05, 4.69) is 15.6 Å². The molecule has 3 heterocycles. The second-order valence-corrected chi connectivity index (χ2v) is 10.1. The fraction of sp³-hybridized carbons (Fsp3) is 0.233. The Labute approximate surface area is 243 Å². The van der Waals surface area contributed by atoms with Crippen molar-refractivity contribution in [2.45, 2.75) is 32.4 Å². The number of amides is 1. The summed E-state index contributed by atoms with van der Waals surface area (Å²) in [7, 11) is 1.48. The molecule has 1 amide bonds. The highest BCUT2D eigenvalue weighted by atomic mass is 32.1. The predicted octanol–water partition coefficient (Wildman–Crippen LogP) is 5.41. The van der Waals surface area contributed by atoms with Crippen LogP contribution in [0.25, 0.3) is 5.69 Å². The van der Waals surface area contributed by atoms with E-state index in [1.54, 1.807) is 18.3 Å². The van der Waals surface area contributed by atoms with Crippen molar-refractivity contribution in [2.24, 2.45) is 0 Å². The highest BCUT2D eigenvalue weighted by Crippen LogP contribution is 2.42. The minimum absolute atomic E-state index is 0.0616. The standard InChI is InChI=1S/C30H30N6O4S/c1-19-17-23(20(2)35(19)25-13-12-22(40-3)18-26(25)36(38)39)29-28(24-11-7-8-15-31-24)33-30(41)34(29)16-14-27(37)32-21-9-5-4-6-10-21/h4-13,15,17-18,28-29H,14,16H2,1-3H3,(H,32,37)(H,33,41). The molecule has 1 aliphatic heterocycles. The minimum atomic E-state index is -0.406. The number of hydrogen-bond acceptors (Lipinski definition) is 6. The molecule has 11 heteroatoms. The average Bonchev–Trinajstić information content (AvgIpc) is 3.46. The van der Waals surface area contributed by atoms with Crippen LogP contribution in [0.5, 0.6) is 5.75 Å².